The molecular formula is C16H26N2O. The summed E-state index contributed by atoms with van der Waals surface area (Å²) in [6.45, 7) is 8.36. The second-order valence-corrected chi connectivity index (χ2v) is 5.43. The molecule has 1 heterocycles. The maximum atomic E-state index is 5.90. The van der Waals surface area contributed by atoms with Gasteiger partial charge in [0.2, 0.25) is 0 Å². The van der Waals surface area contributed by atoms with Crippen molar-refractivity contribution in [2.24, 2.45) is 5.92 Å². The van der Waals surface area contributed by atoms with Crippen LogP contribution >= 0.6 is 0 Å². The zero-order valence-electron chi connectivity index (χ0n) is 12.2. The number of nitrogen functional groups attached to an aromatic ring is 1. The zero-order valence-corrected chi connectivity index (χ0v) is 12.2. The molecule has 0 radical (unpaired) electrons. The zero-order chi connectivity index (χ0) is 13.7. The molecule has 0 amide bonds. The Balaban J connectivity index is 2.00. The van der Waals surface area contributed by atoms with E-state index in [0.717, 1.165) is 23.9 Å². The van der Waals surface area contributed by atoms with Crippen LogP contribution in [0, 0.1) is 5.92 Å². The summed E-state index contributed by atoms with van der Waals surface area (Å²) in [4.78, 5) is 2.52. The van der Waals surface area contributed by atoms with Crippen molar-refractivity contribution < 1.29 is 4.74 Å². The van der Waals surface area contributed by atoms with Crippen molar-refractivity contribution in [1.82, 2.24) is 4.90 Å². The molecule has 0 bridgehead atoms. The van der Waals surface area contributed by atoms with Crippen LogP contribution in [0.1, 0.15) is 38.7 Å². The first-order valence-electron chi connectivity index (χ1n) is 7.46. The number of ether oxygens (including phenoxy) is 1. The van der Waals surface area contributed by atoms with Gasteiger partial charge in [0.25, 0.3) is 0 Å². The molecule has 0 aliphatic carbocycles. The molecule has 0 aromatic heterocycles. The van der Waals surface area contributed by atoms with Crippen molar-refractivity contribution in [3.63, 3.8) is 0 Å². The summed E-state index contributed by atoms with van der Waals surface area (Å²) in [6, 6.07) is 5.96. The summed E-state index contributed by atoms with van der Waals surface area (Å²) in [5.74, 6) is 1.90. The van der Waals surface area contributed by atoms with Gasteiger partial charge < -0.3 is 10.5 Å². The van der Waals surface area contributed by atoms with E-state index in [1.54, 1.807) is 0 Å². The molecule has 1 aromatic rings. The molecule has 0 spiro atoms. The Hall–Kier alpha value is -1.22. The Morgan fingerprint density at radius 3 is 2.63 bits per heavy atom. The molecule has 2 rings (SSSR count). The molecule has 1 fully saturated rings. The lowest BCUT2D eigenvalue weighted by Crippen LogP contribution is -2.33. The van der Waals surface area contributed by atoms with Crippen molar-refractivity contribution in [2.75, 3.05) is 25.4 Å². The molecule has 1 aliphatic rings. The average Bonchev–Trinajstić information content (AvgIpc) is 2.43. The lowest BCUT2D eigenvalue weighted by atomic mass is 9.94. The summed E-state index contributed by atoms with van der Waals surface area (Å²) >= 11 is 0. The van der Waals surface area contributed by atoms with Gasteiger partial charge in [-0.1, -0.05) is 13.3 Å². The fourth-order valence-electron chi connectivity index (χ4n) is 2.81. The number of piperidine rings is 1. The summed E-state index contributed by atoms with van der Waals surface area (Å²) in [7, 11) is 0. The topological polar surface area (TPSA) is 38.5 Å². The van der Waals surface area contributed by atoms with Gasteiger partial charge in [0, 0.05) is 17.8 Å². The van der Waals surface area contributed by atoms with Gasteiger partial charge >= 0.3 is 0 Å². The molecule has 19 heavy (non-hydrogen) atoms. The van der Waals surface area contributed by atoms with Crippen LogP contribution in [0.4, 0.5) is 5.69 Å². The van der Waals surface area contributed by atoms with Crippen LogP contribution < -0.4 is 10.5 Å². The molecule has 0 atom stereocenters. The number of rotatable bonds is 5. The fraction of sp³-hybridized carbons (Fsp3) is 0.625. The molecule has 3 heteroatoms. The summed E-state index contributed by atoms with van der Waals surface area (Å²) in [5, 5.41) is 0. The second-order valence-electron chi connectivity index (χ2n) is 5.43. The van der Waals surface area contributed by atoms with E-state index in [1.165, 1.54) is 37.9 Å². The van der Waals surface area contributed by atoms with Gasteiger partial charge in [-0.05, 0) is 57.0 Å². The Bertz CT molecular complexity index is 398. The molecule has 3 nitrogen and oxygen atoms in total. The summed E-state index contributed by atoms with van der Waals surface area (Å²) < 4.78 is 5.69. The number of likely N-dealkylation sites (tertiary alicyclic amines) is 1. The largest absolute Gasteiger partial charge is 0.494 e. The third-order valence-corrected chi connectivity index (χ3v) is 4.06. The SMILES string of the molecule is CCOc1ccc(N)cc1CN1CCC(CC)CC1. The lowest BCUT2D eigenvalue weighted by Gasteiger charge is -2.31. The van der Waals surface area contributed by atoms with Gasteiger partial charge in [0.15, 0.2) is 0 Å². The van der Waals surface area contributed by atoms with Gasteiger partial charge in [-0.15, -0.1) is 0 Å². The monoisotopic (exact) mass is 262 g/mol. The second kappa shape index (κ2) is 6.80. The quantitative estimate of drug-likeness (QED) is 0.828. The lowest BCUT2D eigenvalue weighted by molar-refractivity contribution is 0.173. The first kappa shape index (κ1) is 14.2. The molecule has 1 saturated heterocycles. The summed E-state index contributed by atoms with van der Waals surface area (Å²) in [5.41, 5.74) is 7.94. The van der Waals surface area contributed by atoms with Gasteiger partial charge in [-0.25, -0.2) is 0 Å². The predicted octanol–water partition coefficient (Wildman–Crippen LogP) is 3.29. The Labute approximate surface area is 116 Å². The molecule has 106 valence electrons. The number of benzene rings is 1. The van der Waals surface area contributed by atoms with Crippen LogP contribution in [0.25, 0.3) is 0 Å². The van der Waals surface area contributed by atoms with E-state index in [0.29, 0.717) is 6.61 Å². The van der Waals surface area contributed by atoms with E-state index in [-0.39, 0.29) is 0 Å². The van der Waals surface area contributed by atoms with E-state index in [2.05, 4.69) is 17.9 Å². The highest BCUT2D eigenvalue weighted by molar-refractivity contribution is 5.47. The predicted molar refractivity (Wildman–Crippen MR) is 80.3 cm³/mol. The van der Waals surface area contributed by atoms with Gasteiger partial charge in [0.1, 0.15) is 5.75 Å². The number of anilines is 1. The Kier molecular flexibility index (Phi) is 5.08. The minimum Gasteiger partial charge on any atom is -0.494 e. The minimum atomic E-state index is 0.703. The van der Waals surface area contributed by atoms with Crippen molar-refractivity contribution in [2.45, 2.75) is 39.7 Å². The van der Waals surface area contributed by atoms with Crippen LogP contribution in [-0.2, 0) is 6.54 Å². The van der Waals surface area contributed by atoms with Crippen LogP contribution in [0.5, 0.6) is 5.75 Å². The molecule has 1 aliphatic heterocycles. The standard InChI is InChI=1S/C16H26N2O/c1-3-13-7-9-18(10-8-13)12-14-11-15(17)5-6-16(14)19-4-2/h5-6,11,13H,3-4,7-10,12,17H2,1-2H3. The minimum absolute atomic E-state index is 0.703. The number of hydrogen-bond donors (Lipinski definition) is 1. The molecule has 0 unspecified atom stereocenters. The van der Waals surface area contributed by atoms with E-state index < -0.39 is 0 Å². The van der Waals surface area contributed by atoms with Crippen molar-refractivity contribution in [3.8, 4) is 5.75 Å². The third-order valence-electron chi connectivity index (χ3n) is 4.06. The normalized spacial score (nSPS) is 17.6. The van der Waals surface area contributed by atoms with Crippen LogP contribution in [0.3, 0.4) is 0 Å². The van der Waals surface area contributed by atoms with E-state index in [9.17, 15) is 0 Å². The van der Waals surface area contributed by atoms with Crippen molar-refractivity contribution in [1.29, 1.82) is 0 Å². The number of hydrogen-bond acceptors (Lipinski definition) is 3. The average molecular weight is 262 g/mol. The van der Waals surface area contributed by atoms with Crippen molar-refractivity contribution >= 4 is 5.69 Å². The van der Waals surface area contributed by atoms with E-state index in [4.69, 9.17) is 10.5 Å². The number of nitrogens with two attached hydrogens (primary N) is 1. The fourth-order valence-corrected chi connectivity index (χ4v) is 2.81. The smallest absolute Gasteiger partial charge is 0.123 e. The first-order chi connectivity index (χ1) is 9.22. The number of nitrogens with zero attached hydrogens (tertiary/aromatic N) is 1. The highest BCUT2D eigenvalue weighted by Crippen LogP contribution is 2.26. The Morgan fingerprint density at radius 2 is 2.00 bits per heavy atom. The van der Waals surface area contributed by atoms with Crippen LogP contribution in [0.15, 0.2) is 18.2 Å². The highest BCUT2D eigenvalue weighted by atomic mass is 16.5. The molecule has 1 aromatic carbocycles. The molecule has 2 N–H and O–H groups in total. The highest BCUT2D eigenvalue weighted by Gasteiger charge is 2.18. The molecule has 0 saturated carbocycles. The van der Waals surface area contributed by atoms with E-state index >= 15 is 0 Å². The first-order valence-corrected chi connectivity index (χ1v) is 7.46. The maximum absolute atomic E-state index is 5.90. The van der Waals surface area contributed by atoms with Crippen molar-refractivity contribution in [3.05, 3.63) is 23.8 Å². The molecular weight excluding hydrogens is 236 g/mol. The van der Waals surface area contributed by atoms with Gasteiger partial charge in [0.05, 0.1) is 6.61 Å². The van der Waals surface area contributed by atoms with Crippen LogP contribution in [-0.4, -0.2) is 24.6 Å². The van der Waals surface area contributed by atoms with Crippen LogP contribution in [0.2, 0.25) is 0 Å². The Morgan fingerprint density at radius 1 is 1.26 bits per heavy atom. The maximum Gasteiger partial charge on any atom is 0.123 e. The third kappa shape index (κ3) is 3.87. The van der Waals surface area contributed by atoms with Gasteiger partial charge in [-0.2, -0.15) is 0 Å². The van der Waals surface area contributed by atoms with E-state index in [1.807, 2.05) is 19.1 Å². The summed E-state index contributed by atoms with van der Waals surface area (Å²) in [6.07, 6.45) is 3.96. The van der Waals surface area contributed by atoms with Gasteiger partial charge in [-0.3, -0.25) is 4.90 Å².